The fraction of sp³-hybridized carbons (Fsp3) is 0.346. The van der Waals surface area contributed by atoms with Gasteiger partial charge >= 0.3 is 0 Å². The molecule has 2 bridgehead atoms. The molecule has 1 aliphatic carbocycles. The van der Waals surface area contributed by atoms with Gasteiger partial charge in [0, 0.05) is 33.7 Å². The quantitative estimate of drug-likeness (QED) is 0.479. The zero-order chi connectivity index (χ0) is 22.5. The first kappa shape index (κ1) is 20.7. The maximum Gasteiger partial charge on any atom is 0.254 e. The van der Waals surface area contributed by atoms with Gasteiger partial charge in [0.2, 0.25) is 6.41 Å². The number of fused-ring (bicyclic) bond motifs is 3. The summed E-state index contributed by atoms with van der Waals surface area (Å²) < 4.78 is 0.918. The number of benzene rings is 1. The second kappa shape index (κ2) is 8.13. The Hall–Kier alpha value is -2.93. The molecule has 4 heterocycles. The number of carbonyl (C=O) groups excluding carboxylic acids is 2. The lowest BCUT2D eigenvalue weighted by molar-refractivity contribution is -0.107. The van der Waals surface area contributed by atoms with Gasteiger partial charge in [0.25, 0.3) is 5.91 Å². The lowest BCUT2D eigenvalue weighted by Gasteiger charge is -2.45. The number of hydrogen-bond donors (Lipinski definition) is 1. The van der Waals surface area contributed by atoms with Gasteiger partial charge in [0.1, 0.15) is 11.5 Å². The molecule has 2 fully saturated rings. The minimum absolute atomic E-state index is 0.0789. The second-order valence-corrected chi connectivity index (χ2v) is 10.2. The van der Waals surface area contributed by atoms with Crippen LogP contribution in [0.25, 0.3) is 16.6 Å². The number of amides is 2. The molecule has 2 aromatic heterocycles. The number of aromatic amines is 1. The summed E-state index contributed by atoms with van der Waals surface area (Å²) in [6, 6.07) is 12.3. The van der Waals surface area contributed by atoms with E-state index in [2.05, 4.69) is 44.0 Å². The van der Waals surface area contributed by atoms with E-state index < -0.39 is 0 Å². The van der Waals surface area contributed by atoms with Crippen molar-refractivity contribution in [2.24, 2.45) is 0 Å². The number of nitrogens with zero attached hydrogens (tertiary/aromatic N) is 3. The van der Waals surface area contributed by atoms with Gasteiger partial charge in [-0.1, -0.05) is 28.1 Å². The Bertz CT molecular complexity index is 1280. The van der Waals surface area contributed by atoms with Gasteiger partial charge in [-0.25, -0.2) is 4.98 Å². The van der Waals surface area contributed by atoms with Crippen LogP contribution < -0.4 is 4.90 Å². The van der Waals surface area contributed by atoms with E-state index in [0.717, 1.165) is 71.6 Å². The molecule has 1 saturated carbocycles. The number of hydrogen-bond acceptors (Lipinski definition) is 3. The Kier molecular flexibility index (Phi) is 5.09. The summed E-state index contributed by atoms with van der Waals surface area (Å²) in [5, 5.41) is 1.07. The van der Waals surface area contributed by atoms with Gasteiger partial charge in [-0.05, 0) is 80.0 Å². The summed E-state index contributed by atoms with van der Waals surface area (Å²) in [5.74, 6) is 0.806. The Balaban J connectivity index is 1.40. The third kappa shape index (κ3) is 3.68. The van der Waals surface area contributed by atoms with Crippen molar-refractivity contribution in [2.45, 2.75) is 56.7 Å². The molecule has 2 amide bonds. The Morgan fingerprint density at radius 2 is 2.06 bits per heavy atom. The molecule has 33 heavy (non-hydrogen) atoms. The Morgan fingerprint density at radius 3 is 2.82 bits per heavy atom. The highest BCUT2D eigenvalue weighted by atomic mass is 79.9. The van der Waals surface area contributed by atoms with Crippen LogP contribution in [0.15, 0.2) is 53.1 Å². The van der Waals surface area contributed by atoms with Crippen LogP contribution in [0.1, 0.15) is 54.4 Å². The highest BCUT2D eigenvalue weighted by Crippen LogP contribution is 2.41. The number of rotatable bonds is 5. The largest absolute Gasteiger partial charge is 0.346 e. The average molecular weight is 505 g/mol. The summed E-state index contributed by atoms with van der Waals surface area (Å²) >= 11 is 3.49. The molecular formula is C26H25BrN4O2. The van der Waals surface area contributed by atoms with Gasteiger partial charge in [-0.15, -0.1) is 0 Å². The van der Waals surface area contributed by atoms with Crippen LogP contribution in [0, 0.1) is 0 Å². The summed E-state index contributed by atoms with van der Waals surface area (Å²) in [6.07, 6.45) is 11.0. The smallest absolute Gasteiger partial charge is 0.254 e. The van der Waals surface area contributed by atoms with Crippen molar-refractivity contribution < 1.29 is 9.59 Å². The van der Waals surface area contributed by atoms with E-state index in [4.69, 9.17) is 4.98 Å². The summed E-state index contributed by atoms with van der Waals surface area (Å²) in [7, 11) is 0. The maximum absolute atomic E-state index is 13.5. The fourth-order valence-corrected chi connectivity index (χ4v) is 5.82. The van der Waals surface area contributed by atoms with Gasteiger partial charge < -0.3 is 9.88 Å². The van der Waals surface area contributed by atoms with Crippen molar-refractivity contribution in [3.63, 3.8) is 0 Å². The molecule has 7 heteroatoms. The molecule has 6 rings (SSSR count). The van der Waals surface area contributed by atoms with Crippen LogP contribution in [0.5, 0.6) is 0 Å². The fourth-order valence-electron chi connectivity index (χ4n) is 5.42. The van der Waals surface area contributed by atoms with Crippen LogP contribution in [0.2, 0.25) is 0 Å². The van der Waals surface area contributed by atoms with Crippen molar-refractivity contribution in [1.82, 2.24) is 14.9 Å². The highest BCUT2D eigenvalue weighted by molar-refractivity contribution is 9.10. The molecular weight excluding hydrogens is 480 g/mol. The molecule has 0 radical (unpaired) electrons. The standard InChI is InChI=1S/C26H25BrN4O2/c27-18-4-1-3-16(11-18)26(33)31-20-5-2-6-21(31)13-17(12-20)23-14-24(30(15-32)19-7-8-19)29-25-22(23)9-10-28-25/h1,3-4,9-12,14-15,19-21H,2,5-8,13H2,(H,28,29). The molecule has 3 aliphatic rings. The maximum atomic E-state index is 13.5. The number of halogens is 1. The molecule has 0 spiro atoms. The van der Waals surface area contributed by atoms with E-state index in [-0.39, 0.29) is 24.0 Å². The first-order chi connectivity index (χ1) is 16.1. The molecule has 6 nitrogen and oxygen atoms in total. The highest BCUT2D eigenvalue weighted by Gasteiger charge is 2.38. The zero-order valence-corrected chi connectivity index (χ0v) is 19.8. The lowest BCUT2D eigenvalue weighted by atomic mass is 9.82. The summed E-state index contributed by atoms with van der Waals surface area (Å²) in [5.41, 5.74) is 3.89. The van der Waals surface area contributed by atoms with E-state index >= 15 is 0 Å². The van der Waals surface area contributed by atoms with Gasteiger partial charge in [0.15, 0.2) is 0 Å². The molecule has 1 N–H and O–H groups in total. The number of anilines is 1. The van der Waals surface area contributed by atoms with E-state index in [1.54, 1.807) is 4.90 Å². The summed E-state index contributed by atoms with van der Waals surface area (Å²) in [6.45, 7) is 0. The second-order valence-electron chi connectivity index (χ2n) is 9.28. The van der Waals surface area contributed by atoms with Crippen LogP contribution in [0.3, 0.4) is 0 Å². The lowest BCUT2D eigenvalue weighted by Crippen LogP contribution is -2.51. The normalized spacial score (nSPS) is 22.2. The van der Waals surface area contributed by atoms with E-state index in [9.17, 15) is 9.59 Å². The van der Waals surface area contributed by atoms with Crippen molar-refractivity contribution in [2.75, 3.05) is 4.90 Å². The van der Waals surface area contributed by atoms with Crippen molar-refractivity contribution in [3.05, 3.63) is 64.3 Å². The number of H-pyrrole nitrogens is 1. The number of piperidine rings is 1. The third-order valence-electron chi connectivity index (χ3n) is 7.12. The van der Waals surface area contributed by atoms with Crippen LogP contribution in [0.4, 0.5) is 5.82 Å². The topological polar surface area (TPSA) is 69.3 Å². The van der Waals surface area contributed by atoms with Gasteiger partial charge in [-0.2, -0.15) is 0 Å². The van der Waals surface area contributed by atoms with Crippen LogP contribution in [-0.4, -0.2) is 45.3 Å². The first-order valence-corrected chi connectivity index (χ1v) is 12.4. The molecule has 1 saturated heterocycles. The van der Waals surface area contributed by atoms with Crippen LogP contribution in [-0.2, 0) is 4.79 Å². The van der Waals surface area contributed by atoms with E-state index in [1.165, 1.54) is 5.57 Å². The number of pyridine rings is 1. The molecule has 2 atom stereocenters. The van der Waals surface area contributed by atoms with Crippen LogP contribution >= 0.6 is 15.9 Å². The molecule has 3 aromatic rings. The van der Waals surface area contributed by atoms with E-state index in [1.807, 2.05) is 30.5 Å². The van der Waals surface area contributed by atoms with Crippen molar-refractivity contribution in [1.29, 1.82) is 0 Å². The minimum Gasteiger partial charge on any atom is -0.346 e. The van der Waals surface area contributed by atoms with Crippen molar-refractivity contribution in [3.8, 4) is 0 Å². The van der Waals surface area contributed by atoms with Crippen molar-refractivity contribution >= 4 is 50.7 Å². The average Bonchev–Trinajstić information content (AvgIpc) is 3.53. The minimum atomic E-state index is 0.0789. The Morgan fingerprint density at radius 1 is 1.18 bits per heavy atom. The molecule has 2 unspecified atom stereocenters. The van der Waals surface area contributed by atoms with Gasteiger partial charge in [0.05, 0.1) is 6.04 Å². The predicted molar refractivity (Wildman–Crippen MR) is 132 cm³/mol. The molecule has 1 aromatic carbocycles. The van der Waals surface area contributed by atoms with E-state index in [0.29, 0.717) is 5.82 Å². The number of carbonyl (C=O) groups is 2. The number of aromatic nitrogens is 2. The number of nitrogens with one attached hydrogen (secondary N) is 1. The molecule has 2 aliphatic heterocycles. The third-order valence-corrected chi connectivity index (χ3v) is 7.62. The summed E-state index contributed by atoms with van der Waals surface area (Å²) in [4.78, 5) is 37.1. The zero-order valence-electron chi connectivity index (χ0n) is 18.2. The SMILES string of the molecule is O=CN(c1cc(C2=CC3CCCC(C2)N3C(=O)c2cccc(Br)c2)c2cc[nH]c2n1)C1CC1. The monoisotopic (exact) mass is 504 g/mol. The predicted octanol–water partition coefficient (Wildman–Crippen LogP) is 5.30. The molecule has 168 valence electrons. The van der Waals surface area contributed by atoms with Gasteiger partial charge in [-0.3, -0.25) is 14.5 Å². The Labute approximate surface area is 200 Å². The first-order valence-electron chi connectivity index (χ1n) is 11.6.